The van der Waals surface area contributed by atoms with E-state index < -0.39 is 0 Å². The summed E-state index contributed by atoms with van der Waals surface area (Å²) in [6.07, 6.45) is 6.53. The summed E-state index contributed by atoms with van der Waals surface area (Å²) in [6, 6.07) is 15.9. The van der Waals surface area contributed by atoms with Crippen molar-refractivity contribution in [3.63, 3.8) is 0 Å². The van der Waals surface area contributed by atoms with Gasteiger partial charge in [-0.05, 0) is 54.3 Å². The highest BCUT2D eigenvalue weighted by Gasteiger charge is 2.05. The van der Waals surface area contributed by atoms with Gasteiger partial charge in [0.15, 0.2) is 0 Å². The molecule has 0 aliphatic carbocycles. The van der Waals surface area contributed by atoms with Gasteiger partial charge in [-0.2, -0.15) is 0 Å². The van der Waals surface area contributed by atoms with Crippen molar-refractivity contribution in [2.45, 2.75) is 26.3 Å². The summed E-state index contributed by atoms with van der Waals surface area (Å²) >= 11 is 0. The molecule has 1 N–H and O–H groups in total. The fourth-order valence-corrected chi connectivity index (χ4v) is 2.68. The second kappa shape index (κ2) is 8.20. The summed E-state index contributed by atoms with van der Waals surface area (Å²) in [6.45, 7) is 2.58. The van der Waals surface area contributed by atoms with Crippen LogP contribution in [0, 0.1) is 6.92 Å². The van der Waals surface area contributed by atoms with Crippen LogP contribution in [0.3, 0.4) is 0 Å². The summed E-state index contributed by atoms with van der Waals surface area (Å²) < 4.78 is 0. The van der Waals surface area contributed by atoms with Crippen LogP contribution < -0.4 is 5.32 Å². The molecule has 1 amide bonds. The maximum Gasteiger partial charge on any atom is 0.220 e. The normalized spacial score (nSPS) is 10.4. The Balaban J connectivity index is 1.55. The second-order valence-corrected chi connectivity index (χ2v) is 5.99. The summed E-state index contributed by atoms with van der Waals surface area (Å²) in [5.41, 5.74) is 5.30. The molecular weight excluding hydrogens is 310 g/mol. The first-order chi connectivity index (χ1) is 12.2. The van der Waals surface area contributed by atoms with Gasteiger partial charge in [0.2, 0.25) is 5.91 Å². The number of carbonyl (C=O) groups excluding carboxylic acids is 1. The number of carbonyl (C=O) groups is 1. The van der Waals surface area contributed by atoms with Gasteiger partial charge in [-0.3, -0.25) is 14.8 Å². The summed E-state index contributed by atoms with van der Waals surface area (Å²) in [7, 11) is 0. The van der Waals surface area contributed by atoms with Gasteiger partial charge in [0.25, 0.3) is 0 Å². The number of pyridine rings is 2. The van der Waals surface area contributed by atoms with E-state index in [-0.39, 0.29) is 5.91 Å². The van der Waals surface area contributed by atoms with E-state index in [9.17, 15) is 4.79 Å². The molecule has 1 aromatic carbocycles. The predicted molar refractivity (Wildman–Crippen MR) is 98.8 cm³/mol. The van der Waals surface area contributed by atoms with E-state index in [0.29, 0.717) is 13.0 Å². The number of benzene rings is 1. The minimum absolute atomic E-state index is 0.0583. The van der Waals surface area contributed by atoms with Crippen LogP contribution in [-0.2, 0) is 17.8 Å². The van der Waals surface area contributed by atoms with Crippen LogP contribution in [0.4, 0.5) is 0 Å². The van der Waals surface area contributed by atoms with Gasteiger partial charge in [-0.25, -0.2) is 0 Å². The average molecular weight is 331 g/mol. The van der Waals surface area contributed by atoms with E-state index in [0.717, 1.165) is 23.2 Å². The molecule has 25 heavy (non-hydrogen) atoms. The monoisotopic (exact) mass is 331 g/mol. The number of hydrogen-bond acceptors (Lipinski definition) is 3. The van der Waals surface area contributed by atoms with E-state index in [1.165, 1.54) is 11.1 Å². The lowest BCUT2D eigenvalue weighted by molar-refractivity contribution is -0.121. The highest BCUT2D eigenvalue weighted by Crippen LogP contribution is 2.16. The molecule has 0 aliphatic rings. The Labute approximate surface area is 148 Å². The van der Waals surface area contributed by atoms with Crippen LogP contribution in [0.15, 0.2) is 67.1 Å². The molecule has 2 aromatic heterocycles. The van der Waals surface area contributed by atoms with Gasteiger partial charge in [-0.15, -0.1) is 0 Å². The first-order valence-corrected chi connectivity index (χ1v) is 8.39. The lowest BCUT2D eigenvalue weighted by Crippen LogP contribution is -2.23. The minimum Gasteiger partial charge on any atom is -0.352 e. The van der Waals surface area contributed by atoms with Gasteiger partial charge in [0, 0.05) is 37.1 Å². The van der Waals surface area contributed by atoms with Crippen LogP contribution in [0.2, 0.25) is 0 Å². The SMILES string of the molecule is Cc1ccccc1CCC(=O)NCc1ccnc(-c2cccnc2)c1. The number of hydrogen-bond donors (Lipinski definition) is 1. The van der Waals surface area contributed by atoms with Crippen molar-refractivity contribution in [3.8, 4) is 11.3 Å². The molecule has 0 atom stereocenters. The van der Waals surface area contributed by atoms with Crippen molar-refractivity contribution in [2.75, 3.05) is 0 Å². The maximum atomic E-state index is 12.1. The minimum atomic E-state index is 0.0583. The largest absolute Gasteiger partial charge is 0.352 e. The quantitative estimate of drug-likeness (QED) is 0.749. The number of nitrogens with one attached hydrogen (secondary N) is 1. The number of nitrogens with zero attached hydrogens (tertiary/aromatic N) is 2. The predicted octanol–water partition coefficient (Wildman–Crippen LogP) is 3.70. The van der Waals surface area contributed by atoms with Crippen LogP contribution in [0.25, 0.3) is 11.3 Å². The van der Waals surface area contributed by atoms with Crippen LogP contribution in [0.5, 0.6) is 0 Å². The van der Waals surface area contributed by atoms with Crippen LogP contribution >= 0.6 is 0 Å². The molecule has 126 valence electrons. The van der Waals surface area contributed by atoms with Gasteiger partial charge >= 0.3 is 0 Å². The van der Waals surface area contributed by atoms with Crippen molar-refractivity contribution in [1.29, 1.82) is 0 Å². The third-order valence-corrected chi connectivity index (χ3v) is 4.15. The van der Waals surface area contributed by atoms with Gasteiger partial charge < -0.3 is 5.32 Å². The van der Waals surface area contributed by atoms with E-state index in [4.69, 9.17) is 0 Å². The second-order valence-electron chi connectivity index (χ2n) is 5.99. The molecule has 0 saturated carbocycles. The molecular formula is C21H21N3O. The Hall–Kier alpha value is -3.01. The third-order valence-electron chi connectivity index (χ3n) is 4.15. The van der Waals surface area contributed by atoms with E-state index in [2.05, 4.69) is 34.3 Å². The standard InChI is InChI=1S/C21H21N3O/c1-16-5-2-3-6-18(16)8-9-21(25)24-14-17-10-12-23-20(13-17)19-7-4-11-22-15-19/h2-7,10-13,15H,8-9,14H2,1H3,(H,24,25). The van der Waals surface area contributed by atoms with Crippen molar-refractivity contribution < 1.29 is 4.79 Å². The van der Waals surface area contributed by atoms with Crippen LogP contribution in [-0.4, -0.2) is 15.9 Å². The Bertz CT molecular complexity index is 847. The molecule has 2 heterocycles. The van der Waals surface area contributed by atoms with E-state index in [1.54, 1.807) is 18.6 Å². The molecule has 0 saturated heterocycles. The zero-order valence-corrected chi connectivity index (χ0v) is 14.3. The number of aromatic nitrogens is 2. The first kappa shape index (κ1) is 16.8. The molecule has 0 fully saturated rings. The Morgan fingerprint density at radius 2 is 1.96 bits per heavy atom. The molecule has 0 unspecified atom stereocenters. The van der Waals surface area contributed by atoms with Crippen LogP contribution in [0.1, 0.15) is 23.1 Å². The van der Waals surface area contributed by atoms with E-state index in [1.807, 2.05) is 36.4 Å². The number of amides is 1. The molecule has 4 nitrogen and oxygen atoms in total. The number of rotatable bonds is 6. The zero-order valence-electron chi connectivity index (χ0n) is 14.3. The molecule has 0 aliphatic heterocycles. The lowest BCUT2D eigenvalue weighted by atomic mass is 10.0. The third kappa shape index (κ3) is 4.73. The Kier molecular flexibility index (Phi) is 5.52. The maximum absolute atomic E-state index is 12.1. The fourth-order valence-electron chi connectivity index (χ4n) is 2.68. The molecule has 4 heteroatoms. The summed E-state index contributed by atoms with van der Waals surface area (Å²) in [4.78, 5) is 20.6. The summed E-state index contributed by atoms with van der Waals surface area (Å²) in [5, 5.41) is 2.99. The van der Waals surface area contributed by atoms with Gasteiger partial charge in [0.05, 0.1) is 5.69 Å². The molecule has 0 radical (unpaired) electrons. The molecule has 0 spiro atoms. The topological polar surface area (TPSA) is 54.9 Å². The van der Waals surface area contributed by atoms with Crippen molar-refractivity contribution in [1.82, 2.24) is 15.3 Å². The zero-order chi connectivity index (χ0) is 17.5. The smallest absolute Gasteiger partial charge is 0.220 e. The van der Waals surface area contributed by atoms with Crippen molar-refractivity contribution in [2.24, 2.45) is 0 Å². The molecule has 3 aromatic rings. The first-order valence-electron chi connectivity index (χ1n) is 8.39. The molecule has 3 rings (SSSR count). The highest BCUT2D eigenvalue weighted by molar-refractivity contribution is 5.76. The molecule has 0 bridgehead atoms. The average Bonchev–Trinajstić information content (AvgIpc) is 2.67. The fraction of sp³-hybridized carbons (Fsp3) is 0.190. The van der Waals surface area contributed by atoms with Gasteiger partial charge in [0.1, 0.15) is 0 Å². The van der Waals surface area contributed by atoms with E-state index >= 15 is 0 Å². The van der Waals surface area contributed by atoms with Crippen molar-refractivity contribution >= 4 is 5.91 Å². The number of aryl methyl sites for hydroxylation is 2. The lowest BCUT2D eigenvalue weighted by Gasteiger charge is -2.08. The van der Waals surface area contributed by atoms with Gasteiger partial charge in [-0.1, -0.05) is 24.3 Å². The highest BCUT2D eigenvalue weighted by atomic mass is 16.1. The summed E-state index contributed by atoms with van der Waals surface area (Å²) in [5.74, 6) is 0.0583. The Morgan fingerprint density at radius 3 is 2.76 bits per heavy atom. The Morgan fingerprint density at radius 1 is 1.08 bits per heavy atom. The van der Waals surface area contributed by atoms with Crippen molar-refractivity contribution in [3.05, 3.63) is 83.8 Å².